The third-order valence-electron chi connectivity index (χ3n) is 3.44. The van der Waals surface area contributed by atoms with E-state index in [2.05, 4.69) is 44.8 Å². The summed E-state index contributed by atoms with van der Waals surface area (Å²) in [6.07, 6.45) is 6.31. The van der Waals surface area contributed by atoms with E-state index in [-0.39, 0.29) is 24.0 Å². The number of guanidine groups is 1. The van der Waals surface area contributed by atoms with Crippen LogP contribution in [-0.2, 0) is 19.4 Å². The maximum atomic E-state index is 4.62. The predicted octanol–water partition coefficient (Wildman–Crippen LogP) is 4.17. The fraction of sp³-hybridized carbons (Fsp3) is 0.588. The molecule has 2 aromatic rings. The second-order valence-corrected chi connectivity index (χ2v) is 7.68. The number of aliphatic imine (C=N–C) groups is 1. The summed E-state index contributed by atoms with van der Waals surface area (Å²) in [5, 5.41) is 11.1. The lowest BCUT2D eigenvalue weighted by molar-refractivity contribution is 0.692. The monoisotopic (exact) mass is 493 g/mol. The fourth-order valence-electron chi connectivity index (χ4n) is 2.20. The Morgan fingerprint density at radius 3 is 2.68 bits per heavy atom. The highest BCUT2D eigenvalue weighted by Gasteiger charge is 2.02. The van der Waals surface area contributed by atoms with Gasteiger partial charge < -0.3 is 10.6 Å². The number of halogens is 1. The largest absolute Gasteiger partial charge is 0.357 e. The van der Waals surface area contributed by atoms with Crippen molar-refractivity contribution in [1.82, 2.24) is 20.6 Å². The van der Waals surface area contributed by atoms with Gasteiger partial charge >= 0.3 is 0 Å². The van der Waals surface area contributed by atoms with Crippen molar-refractivity contribution in [1.29, 1.82) is 0 Å². The number of aromatic nitrogens is 2. The van der Waals surface area contributed by atoms with Crippen molar-refractivity contribution < 1.29 is 0 Å². The minimum Gasteiger partial charge on any atom is -0.357 e. The smallest absolute Gasteiger partial charge is 0.191 e. The number of aryl methyl sites for hydroxylation is 3. The van der Waals surface area contributed by atoms with Crippen LogP contribution in [0.2, 0.25) is 0 Å². The average molecular weight is 493 g/mol. The molecule has 0 aromatic carbocycles. The molecule has 0 aliphatic rings. The molecule has 0 spiro atoms. The molecule has 140 valence electrons. The minimum atomic E-state index is 0. The lowest BCUT2D eigenvalue weighted by Crippen LogP contribution is -2.37. The van der Waals surface area contributed by atoms with Gasteiger partial charge in [0, 0.05) is 35.2 Å². The molecule has 0 amide bonds. The number of unbranched alkanes of at least 4 members (excludes halogenated alkanes) is 1. The molecule has 0 radical (unpaired) electrons. The summed E-state index contributed by atoms with van der Waals surface area (Å²) >= 11 is 3.50. The molecule has 0 aliphatic heterocycles. The van der Waals surface area contributed by atoms with Crippen LogP contribution < -0.4 is 10.6 Å². The van der Waals surface area contributed by atoms with Gasteiger partial charge in [-0.2, -0.15) is 0 Å². The zero-order chi connectivity index (χ0) is 17.2. The average Bonchev–Trinajstić information content (AvgIpc) is 3.21. The Bertz CT molecular complexity index is 639. The molecule has 2 aromatic heterocycles. The molecule has 0 atom stereocenters. The molecule has 0 saturated heterocycles. The van der Waals surface area contributed by atoms with Gasteiger partial charge in [-0.25, -0.2) is 15.0 Å². The molecule has 2 rings (SSSR count). The van der Waals surface area contributed by atoms with Crippen LogP contribution in [0, 0.1) is 6.92 Å². The van der Waals surface area contributed by atoms with Crippen molar-refractivity contribution in [2.75, 3.05) is 13.1 Å². The number of thiazole rings is 2. The van der Waals surface area contributed by atoms with Gasteiger partial charge in [-0.05, 0) is 39.5 Å². The van der Waals surface area contributed by atoms with Crippen LogP contribution in [0.3, 0.4) is 0 Å². The molecule has 5 nitrogen and oxygen atoms in total. The van der Waals surface area contributed by atoms with E-state index in [0.717, 1.165) is 55.4 Å². The number of hydrogen-bond acceptors (Lipinski definition) is 5. The Kier molecular flexibility index (Phi) is 11.2. The van der Waals surface area contributed by atoms with Gasteiger partial charge in [0.05, 0.1) is 11.6 Å². The van der Waals surface area contributed by atoms with Gasteiger partial charge in [-0.3, -0.25) is 0 Å². The van der Waals surface area contributed by atoms with E-state index in [1.807, 2.05) is 13.1 Å². The van der Waals surface area contributed by atoms with E-state index < -0.39 is 0 Å². The van der Waals surface area contributed by atoms with E-state index in [1.165, 1.54) is 9.88 Å². The first-order valence-corrected chi connectivity index (χ1v) is 10.3. The van der Waals surface area contributed by atoms with Gasteiger partial charge in [-0.1, -0.05) is 6.92 Å². The van der Waals surface area contributed by atoms with E-state index in [1.54, 1.807) is 22.7 Å². The SMILES string of the molecule is CCNC(=NCc1ncc(CC)s1)NCCCCc1nc(C)cs1.I. The van der Waals surface area contributed by atoms with Gasteiger partial charge in [0.1, 0.15) is 5.01 Å². The Hall–Kier alpha value is -0.740. The maximum absolute atomic E-state index is 4.62. The predicted molar refractivity (Wildman–Crippen MR) is 120 cm³/mol. The van der Waals surface area contributed by atoms with Crippen molar-refractivity contribution in [2.24, 2.45) is 4.99 Å². The van der Waals surface area contributed by atoms with Crippen molar-refractivity contribution in [3.8, 4) is 0 Å². The number of hydrogen-bond donors (Lipinski definition) is 2. The third kappa shape index (κ3) is 8.46. The molecule has 0 saturated carbocycles. The molecule has 0 fully saturated rings. The maximum Gasteiger partial charge on any atom is 0.191 e. The fourth-order valence-corrected chi connectivity index (χ4v) is 3.80. The van der Waals surface area contributed by atoms with Crippen LogP contribution in [0.5, 0.6) is 0 Å². The van der Waals surface area contributed by atoms with Crippen LogP contribution in [0.1, 0.15) is 47.3 Å². The summed E-state index contributed by atoms with van der Waals surface area (Å²) in [5.74, 6) is 0.871. The van der Waals surface area contributed by atoms with Crippen LogP contribution >= 0.6 is 46.7 Å². The van der Waals surface area contributed by atoms with Crippen LogP contribution in [-0.4, -0.2) is 29.0 Å². The highest BCUT2D eigenvalue weighted by Crippen LogP contribution is 2.14. The molecular formula is C17H28IN5S2. The summed E-state index contributed by atoms with van der Waals surface area (Å²) in [6, 6.07) is 0. The normalized spacial score (nSPS) is 11.2. The van der Waals surface area contributed by atoms with Crippen molar-refractivity contribution in [3.63, 3.8) is 0 Å². The van der Waals surface area contributed by atoms with Crippen LogP contribution in [0.15, 0.2) is 16.6 Å². The highest BCUT2D eigenvalue weighted by atomic mass is 127. The van der Waals surface area contributed by atoms with Crippen LogP contribution in [0.25, 0.3) is 0 Å². The molecule has 0 bridgehead atoms. The lowest BCUT2D eigenvalue weighted by Gasteiger charge is -2.10. The Labute approximate surface area is 175 Å². The van der Waals surface area contributed by atoms with E-state index in [0.29, 0.717) is 6.54 Å². The highest BCUT2D eigenvalue weighted by molar-refractivity contribution is 14.0. The van der Waals surface area contributed by atoms with Gasteiger partial charge in [0.15, 0.2) is 5.96 Å². The van der Waals surface area contributed by atoms with Gasteiger partial charge in [0.2, 0.25) is 0 Å². The molecule has 25 heavy (non-hydrogen) atoms. The molecule has 2 heterocycles. The summed E-state index contributed by atoms with van der Waals surface area (Å²) < 4.78 is 0. The molecule has 2 N–H and O–H groups in total. The molecule has 0 unspecified atom stereocenters. The Morgan fingerprint density at radius 2 is 2.04 bits per heavy atom. The number of nitrogens with one attached hydrogen (secondary N) is 2. The Morgan fingerprint density at radius 1 is 1.20 bits per heavy atom. The topological polar surface area (TPSA) is 62.2 Å². The summed E-state index contributed by atoms with van der Waals surface area (Å²) in [4.78, 5) is 14.9. The van der Waals surface area contributed by atoms with Gasteiger partial charge in [-0.15, -0.1) is 46.7 Å². The van der Waals surface area contributed by atoms with E-state index in [9.17, 15) is 0 Å². The van der Waals surface area contributed by atoms with E-state index in [4.69, 9.17) is 0 Å². The zero-order valence-corrected chi connectivity index (χ0v) is 19.1. The molecule has 0 aliphatic carbocycles. The molecular weight excluding hydrogens is 465 g/mol. The number of rotatable bonds is 9. The van der Waals surface area contributed by atoms with Crippen molar-refractivity contribution in [3.05, 3.63) is 32.2 Å². The minimum absolute atomic E-state index is 0. The number of nitrogens with zero attached hydrogens (tertiary/aromatic N) is 3. The standard InChI is InChI=1S/C17H27N5S2.HI/c1-4-14-10-20-16(24-14)11-21-17(18-5-2)19-9-7-6-8-15-22-13(3)12-23-15;/h10,12H,4-9,11H2,1-3H3,(H2,18,19,21);1H. The lowest BCUT2D eigenvalue weighted by atomic mass is 10.2. The summed E-state index contributed by atoms with van der Waals surface area (Å²) in [7, 11) is 0. The first-order valence-electron chi connectivity index (χ1n) is 8.58. The van der Waals surface area contributed by atoms with Gasteiger partial charge in [0.25, 0.3) is 0 Å². The quantitative estimate of drug-likeness (QED) is 0.238. The second-order valence-electron chi connectivity index (χ2n) is 5.54. The van der Waals surface area contributed by atoms with Crippen molar-refractivity contribution in [2.45, 2.75) is 53.0 Å². The second kappa shape index (κ2) is 12.6. The third-order valence-corrected chi connectivity index (χ3v) is 5.60. The zero-order valence-electron chi connectivity index (χ0n) is 15.2. The van der Waals surface area contributed by atoms with Crippen LogP contribution in [0.4, 0.5) is 0 Å². The molecule has 8 heteroatoms. The summed E-state index contributed by atoms with van der Waals surface area (Å²) in [5.41, 5.74) is 1.13. The van der Waals surface area contributed by atoms with E-state index >= 15 is 0 Å². The first-order chi connectivity index (χ1) is 11.7. The Balaban J connectivity index is 0.00000312. The summed E-state index contributed by atoms with van der Waals surface area (Å²) in [6.45, 7) is 8.71. The van der Waals surface area contributed by atoms with Crippen molar-refractivity contribution >= 4 is 52.6 Å². The first kappa shape index (κ1) is 22.3.